The van der Waals surface area contributed by atoms with E-state index in [4.69, 9.17) is 9.47 Å². The first-order valence-electron chi connectivity index (χ1n) is 10.3. The van der Waals surface area contributed by atoms with Crippen LogP contribution in [0, 0.1) is 0 Å². The summed E-state index contributed by atoms with van der Waals surface area (Å²) in [5.41, 5.74) is 1.24. The van der Waals surface area contributed by atoms with E-state index >= 15 is 0 Å². The van der Waals surface area contributed by atoms with Crippen molar-refractivity contribution < 1.29 is 32.2 Å². The number of methoxy groups -OCH3 is 1. The maximum atomic E-state index is 12.4. The summed E-state index contributed by atoms with van der Waals surface area (Å²) >= 11 is 0. The van der Waals surface area contributed by atoms with E-state index in [2.05, 4.69) is 30.8 Å². The number of hydrogen-bond acceptors (Lipinski definition) is 7. The molecular formula is C20H25F3N6O4. The second kappa shape index (κ2) is 10.5. The van der Waals surface area contributed by atoms with Gasteiger partial charge >= 0.3 is 12.3 Å². The van der Waals surface area contributed by atoms with Crippen molar-refractivity contribution in [3.63, 3.8) is 0 Å². The van der Waals surface area contributed by atoms with Gasteiger partial charge in [0.2, 0.25) is 11.8 Å². The highest BCUT2D eigenvalue weighted by Gasteiger charge is 2.33. The van der Waals surface area contributed by atoms with E-state index in [-0.39, 0.29) is 18.2 Å². The Bertz CT molecular complexity index is 950. The van der Waals surface area contributed by atoms with Crippen LogP contribution in [0.3, 0.4) is 0 Å². The zero-order valence-corrected chi connectivity index (χ0v) is 18.1. The van der Waals surface area contributed by atoms with Crippen molar-refractivity contribution >= 4 is 17.8 Å². The standard InChI is InChI=1S/C20H25F3N6O4/c1-11(8-20(21,22)23)26-19(31)33-14-4-3-12(5-14)15-7-16(29-28-15)27-17(30)6-13-9-25-18(32-2)10-24-13/h7,9-12,14H,3-6,8H2,1-2H3,(H,26,31)(H2,27,28,29,30)/t11?,12-,14+/m0/s1. The first-order chi connectivity index (χ1) is 15.6. The van der Waals surface area contributed by atoms with Gasteiger partial charge in [-0.1, -0.05) is 0 Å². The lowest BCUT2D eigenvalue weighted by Gasteiger charge is -2.18. The van der Waals surface area contributed by atoms with E-state index in [0.717, 1.165) is 5.69 Å². The highest BCUT2D eigenvalue weighted by atomic mass is 19.4. The number of ether oxygens (including phenoxy) is 2. The summed E-state index contributed by atoms with van der Waals surface area (Å²) in [4.78, 5) is 32.2. The Hall–Kier alpha value is -3.38. The minimum absolute atomic E-state index is 0.0143. The van der Waals surface area contributed by atoms with Gasteiger partial charge in [-0.05, 0) is 26.2 Å². The SMILES string of the molecule is COc1cnc(CC(=O)Nc2cc([C@H]3CC[C@@H](OC(=O)NC(C)CC(F)(F)F)C3)[nH]n2)cn1. The molecule has 13 heteroatoms. The fourth-order valence-corrected chi connectivity index (χ4v) is 3.62. The van der Waals surface area contributed by atoms with Crippen LogP contribution in [0.4, 0.5) is 23.8 Å². The Balaban J connectivity index is 1.44. The average Bonchev–Trinajstić information content (AvgIpc) is 3.36. The van der Waals surface area contributed by atoms with Crippen LogP contribution >= 0.6 is 0 Å². The van der Waals surface area contributed by atoms with Gasteiger partial charge in [-0.2, -0.15) is 18.3 Å². The summed E-state index contributed by atoms with van der Waals surface area (Å²) in [6.07, 6.45) is -2.10. The van der Waals surface area contributed by atoms with Crippen molar-refractivity contribution in [1.82, 2.24) is 25.5 Å². The molecule has 3 N–H and O–H groups in total. The summed E-state index contributed by atoms with van der Waals surface area (Å²) in [6.45, 7) is 1.27. The van der Waals surface area contributed by atoms with E-state index in [0.29, 0.717) is 36.7 Å². The third kappa shape index (κ3) is 7.61. The van der Waals surface area contributed by atoms with Crippen LogP contribution in [0.5, 0.6) is 5.88 Å². The number of aromatic nitrogens is 4. The zero-order valence-electron chi connectivity index (χ0n) is 18.1. The van der Waals surface area contributed by atoms with E-state index in [1.165, 1.54) is 26.4 Å². The second-order valence-electron chi connectivity index (χ2n) is 7.89. The van der Waals surface area contributed by atoms with Crippen LogP contribution in [-0.2, 0) is 16.0 Å². The molecule has 0 radical (unpaired) electrons. The van der Waals surface area contributed by atoms with Crippen molar-refractivity contribution in [2.45, 2.75) is 63.3 Å². The van der Waals surface area contributed by atoms with Crippen molar-refractivity contribution in [1.29, 1.82) is 0 Å². The van der Waals surface area contributed by atoms with Gasteiger partial charge in [0.1, 0.15) is 6.10 Å². The molecule has 2 aromatic rings. The number of carbonyl (C=O) groups excluding carboxylic acids is 2. The quantitative estimate of drug-likeness (QED) is 0.540. The Morgan fingerprint density at radius 3 is 2.73 bits per heavy atom. The maximum Gasteiger partial charge on any atom is 0.407 e. The van der Waals surface area contributed by atoms with Crippen LogP contribution in [0.1, 0.15) is 49.9 Å². The van der Waals surface area contributed by atoms with Gasteiger partial charge in [0, 0.05) is 23.7 Å². The predicted octanol–water partition coefficient (Wildman–Crippen LogP) is 3.09. The highest BCUT2D eigenvalue weighted by molar-refractivity contribution is 5.91. The molecule has 0 aromatic carbocycles. The molecule has 2 heterocycles. The minimum atomic E-state index is -4.36. The first-order valence-corrected chi connectivity index (χ1v) is 10.3. The van der Waals surface area contributed by atoms with Crippen LogP contribution < -0.4 is 15.4 Å². The fraction of sp³-hybridized carbons (Fsp3) is 0.550. The molecule has 3 rings (SSSR count). The van der Waals surface area contributed by atoms with Gasteiger partial charge in [-0.3, -0.25) is 14.9 Å². The van der Waals surface area contributed by atoms with E-state index in [1.54, 1.807) is 6.07 Å². The molecule has 2 amide bonds. The van der Waals surface area contributed by atoms with Gasteiger partial charge in [-0.25, -0.2) is 9.78 Å². The molecule has 180 valence electrons. The molecule has 0 aliphatic heterocycles. The normalized spacial score (nSPS) is 19.1. The average molecular weight is 470 g/mol. The molecule has 2 aromatic heterocycles. The number of nitrogens with zero attached hydrogens (tertiary/aromatic N) is 3. The number of anilines is 1. The predicted molar refractivity (Wildman–Crippen MR) is 110 cm³/mol. The number of rotatable bonds is 8. The number of nitrogens with one attached hydrogen (secondary N) is 3. The van der Waals surface area contributed by atoms with Gasteiger partial charge in [-0.15, -0.1) is 0 Å². The minimum Gasteiger partial charge on any atom is -0.480 e. The number of halogens is 3. The summed E-state index contributed by atoms with van der Waals surface area (Å²) in [5.74, 6) is 0.397. The van der Waals surface area contributed by atoms with Crippen LogP contribution in [0.25, 0.3) is 0 Å². The third-order valence-corrected chi connectivity index (χ3v) is 5.10. The van der Waals surface area contributed by atoms with Crippen LogP contribution in [0.15, 0.2) is 18.5 Å². The Kier molecular flexibility index (Phi) is 7.71. The van der Waals surface area contributed by atoms with Gasteiger partial charge < -0.3 is 20.1 Å². The molecule has 10 nitrogen and oxygen atoms in total. The fourth-order valence-electron chi connectivity index (χ4n) is 3.62. The topological polar surface area (TPSA) is 131 Å². The number of alkyl carbamates (subject to hydrolysis) is 1. The van der Waals surface area contributed by atoms with Gasteiger partial charge in [0.25, 0.3) is 0 Å². The molecular weight excluding hydrogens is 445 g/mol. The molecule has 0 bridgehead atoms. The smallest absolute Gasteiger partial charge is 0.407 e. The number of hydrogen-bond donors (Lipinski definition) is 3. The van der Waals surface area contributed by atoms with E-state index in [1.807, 2.05) is 0 Å². The Labute approximate surface area is 187 Å². The van der Waals surface area contributed by atoms with E-state index in [9.17, 15) is 22.8 Å². The Morgan fingerprint density at radius 1 is 1.27 bits per heavy atom. The van der Waals surface area contributed by atoms with Crippen LogP contribution in [-0.4, -0.2) is 57.6 Å². The number of carbonyl (C=O) groups is 2. The number of alkyl halides is 3. The van der Waals surface area contributed by atoms with Crippen molar-refractivity contribution in [2.75, 3.05) is 12.4 Å². The molecule has 0 spiro atoms. The molecule has 33 heavy (non-hydrogen) atoms. The molecule has 1 fully saturated rings. The summed E-state index contributed by atoms with van der Waals surface area (Å²) < 4.78 is 47.3. The maximum absolute atomic E-state index is 12.4. The second-order valence-corrected chi connectivity index (χ2v) is 7.89. The van der Waals surface area contributed by atoms with Crippen molar-refractivity contribution in [2.24, 2.45) is 0 Å². The van der Waals surface area contributed by atoms with E-state index < -0.39 is 30.8 Å². The lowest BCUT2D eigenvalue weighted by molar-refractivity contribution is -0.138. The summed E-state index contributed by atoms with van der Waals surface area (Å²) in [6, 6.07) is 0.633. The van der Waals surface area contributed by atoms with Crippen molar-refractivity contribution in [3.8, 4) is 5.88 Å². The number of amides is 2. The lowest BCUT2D eigenvalue weighted by Crippen LogP contribution is -2.37. The summed E-state index contributed by atoms with van der Waals surface area (Å²) in [7, 11) is 1.47. The Morgan fingerprint density at radius 2 is 2.06 bits per heavy atom. The molecule has 1 saturated carbocycles. The third-order valence-electron chi connectivity index (χ3n) is 5.10. The summed E-state index contributed by atoms with van der Waals surface area (Å²) in [5, 5.41) is 11.8. The lowest BCUT2D eigenvalue weighted by atomic mass is 10.0. The molecule has 3 atom stereocenters. The zero-order chi connectivity index (χ0) is 24.0. The van der Waals surface area contributed by atoms with Crippen molar-refractivity contribution in [3.05, 3.63) is 29.8 Å². The first kappa shape index (κ1) is 24.3. The molecule has 1 aliphatic carbocycles. The molecule has 1 unspecified atom stereocenters. The van der Waals surface area contributed by atoms with Gasteiger partial charge in [0.15, 0.2) is 5.82 Å². The largest absolute Gasteiger partial charge is 0.480 e. The highest BCUT2D eigenvalue weighted by Crippen LogP contribution is 2.36. The van der Waals surface area contributed by atoms with Gasteiger partial charge in [0.05, 0.1) is 38.0 Å². The van der Waals surface area contributed by atoms with Crippen LogP contribution in [0.2, 0.25) is 0 Å². The number of aromatic amines is 1. The molecule has 0 saturated heterocycles. The number of H-pyrrole nitrogens is 1. The monoisotopic (exact) mass is 470 g/mol. The molecule has 1 aliphatic rings.